The number of nitrogens with zero attached hydrogens (tertiary/aromatic N) is 2. The van der Waals surface area contributed by atoms with E-state index in [1.807, 2.05) is 6.07 Å². The Morgan fingerprint density at radius 1 is 1.58 bits per heavy atom. The molecule has 102 valence electrons. The number of carboxylic acids is 1. The van der Waals surface area contributed by atoms with Gasteiger partial charge in [0, 0.05) is 19.2 Å². The molecule has 5 nitrogen and oxygen atoms in total. The summed E-state index contributed by atoms with van der Waals surface area (Å²) >= 11 is 0. The first-order valence-electron chi connectivity index (χ1n) is 6.33. The van der Waals surface area contributed by atoms with Crippen LogP contribution < -0.4 is 5.32 Å². The highest BCUT2D eigenvalue weighted by atomic mass is 16.4. The van der Waals surface area contributed by atoms with Crippen molar-refractivity contribution in [3.05, 3.63) is 23.9 Å². The molecule has 5 heteroatoms. The van der Waals surface area contributed by atoms with Crippen molar-refractivity contribution >= 4 is 11.8 Å². The van der Waals surface area contributed by atoms with Gasteiger partial charge in [0.1, 0.15) is 5.82 Å². The molecule has 1 aromatic heterocycles. The first-order valence-corrected chi connectivity index (χ1v) is 6.33. The van der Waals surface area contributed by atoms with Crippen molar-refractivity contribution < 1.29 is 9.90 Å². The minimum atomic E-state index is -0.786. The molecule has 19 heavy (non-hydrogen) atoms. The SMILES string of the molecule is CC(C)CC(CNc1cc(C#N)ccn1)CC(=O)O. The van der Waals surface area contributed by atoms with Crippen molar-refractivity contribution in [2.24, 2.45) is 11.8 Å². The van der Waals surface area contributed by atoms with Crippen LogP contribution in [-0.4, -0.2) is 22.6 Å². The lowest BCUT2D eigenvalue weighted by molar-refractivity contribution is -0.138. The molecule has 0 aliphatic heterocycles. The summed E-state index contributed by atoms with van der Waals surface area (Å²) in [5.74, 6) is 0.332. The fraction of sp³-hybridized carbons (Fsp3) is 0.500. The van der Waals surface area contributed by atoms with Crippen LogP contribution in [0, 0.1) is 23.2 Å². The lowest BCUT2D eigenvalue weighted by Crippen LogP contribution is -2.20. The molecule has 0 bridgehead atoms. The van der Waals surface area contributed by atoms with E-state index < -0.39 is 5.97 Å². The van der Waals surface area contributed by atoms with Crippen LogP contribution in [0.4, 0.5) is 5.82 Å². The number of rotatable bonds is 7. The molecular formula is C14H19N3O2. The maximum atomic E-state index is 10.8. The van der Waals surface area contributed by atoms with Gasteiger partial charge >= 0.3 is 5.97 Å². The highest BCUT2D eigenvalue weighted by Gasteiger charge is 2.15. The molecule has 0 radical (unpaired) electrons. The number of aliphatic carboxylic acids is 1. The molecule has 0 spiro atoms. The van der Waals surface area contributed by atoms with Crippen molar-refractivity contribution in [2.45, 2.75) is 26.7 Å². The summed E-state index contributed by atoms with van der Waals surface area (Å²) < 4.78 is 0. The van der Waals surface area contributed by atoms with Gasteiger partial charge in [0.25, 0.3) is 0 Å². The molecule has 1 unspecified atom stereocenters. The van der Waals surface area contributed by atoms with E-state index in [-0.39, 0.29) is 12.3 Å². The van der Waals surface area contributed by atoms with E-state index in [0.29, 0.717) is 23.8 Å². The van der Waals surface area contributed by atoms with Crippen molar-refractivity contribution in [3.63, 3.8) is 0 Å². The van der Waals surface area contributed by atoms with Gasteiger partial charge in [0.05, 0.1) is 11.6 Å². The third-order valence-electron chi connectivity index (χ3n) is 2.73. The van der Waals surface area contributed by atoms with Crippen molar-refractivity contribution in [2.75, 3.05) is 11.9 Å². The fourth-order valence-corrected chi connectivity index (χ4v) is 2.00. The molecule has 0 aliphatic rings. The number of carbonyl (C=O) groups is 1. The third-order valence-corrected chi connectivity index (χ3v) is 2.73. The lowest BCUT2D eigenvalue weighted by atomic mass is 9.94. The van der Waals surface area contributed by atoms with Gasteiger partial charge in [0.15, 0.2) is 0 Å². The summed E-state index contributed by atoms with van der Waals surface area (Å²) in [5, 5.41) is 20.8. The number of hydrogen-bond acceptors (Lipinski definition) is 4. The van der Waals surface area contributed by atoms with Gasteiger partial charge in [-0.1, -0.05) is 13.8 Å². The van der Waals surface area contributed by atoms with Crippen LogP contribution in [0.1, 0.15) is 32.3 Å². The monoisotopic (exact) mass is 261 g/mol. The largest absolute Gasteiger partial charge is 0.481 e. The van der Waals surface area contributed by atoms with Gasteiger partial charge in [-0.15, -0.1) is 0 Å². The molecule has 1 rings (SSSR count). The second-order valence-electron chi connectivity index (χ2n) is 5.02. The van der Waals surface area contributed by atoms with E-state index in [4.69, 9.17) is 10.4 Å². The van der Waals surface area contributed by atoms with Crippen LogP contribution in [0.5, 0.6) is 0 Å². The Labute approximate surface area is 113 Å². The van der Waals surface area contributed by atoms with E-state index >= 15 is 0 Å². The maximum Gasteiger partial charge on any atom is 0.303 e. The van der Waals surface area contributed by atoms with Crippen LogP contribution in [0.15, 0.2) is 18.3 Å². The first kappa shape index (κ1) is 15.0. The van der Waals surface area contributed by atoms with Crippen molar-refractivity contribution in [1.29, 1.82) is 5.26 Å². The van der Waals surface area contributed by atoms with Gasteiger partial charge in [-0.25, -0.2) is 4.98 Å². The summed E-state index contributed by atoms with van der Waals surface area (Å²) in [6.45, 7) is 4.69. The molecule has 1 heterocycles. The van der Waals surface area contributed by atoms with Crippen molar-refractivity contribution in [3.8, 4) is 6.07 Å². The normalized spacial score (nSPS) is 11.9. The summed E-state index contributed by atoms with van der Waals surface area (Å²) in [4.78, 5) is 14.9. The molecule has 0 amide bonds. The Hall–Kier alpha value is -2.09. The summed E-state index contributed by atoms with van der Waals surface area (Å²) in [5.41, 5.74) is 0.538. The minimum absolute atomic E-state index is 0.0602. The molecule has 2 N–H and O–H groups in total. The Morgan fingerprint density at radius 3 is 2.89 bits per heavy atom. The molecule has 0 aromatic carbocycles. The molecule has 0 fully saturated rings. The fourth-order valence-electron chi connectivity index (χ4n) is 2.00. The zero-order valence-corrected chi connectivity index (χ0v) is 11.3. The van der Waals surface area contributed by atoms with Gasteiger partial charge in [-0.05, 0) is 30.4 Å². The Bertz CT molecular complexity index is 466. The summed E-state index contributed by atoms with van der Waals surface area (Å²) in [6, 6.07) is 5.34. The van der Waals surface area contributed by atoms with Gasteiger partial charge in [-0.3, -0.25) is 4.79 Å². The van der Waals surface area contributed by atoms with Crippen LogP contribution in [0.25, 0.3) is 0 Å². The highest BCUT2D eigenvalue weighted by molar-refractivity contribution is 5.67. The number of hydrogen-bond donors (Lipinski definition) is 2. The van der Waals surface area contributed by atoms with Gasteiger partial charge in [0.2, 0.25) is 0 Å². The summed E-state index contributed by atoms with van der Waals surface area (Å²) in [6.07, 6.45) is 2.55. The van der Waals surface area contributed by atoms with E-state index in [2.05, 4.69) is 24.1 Å². The Morgan fingerprint density at radius 2 is 2.32 bits per heavy atom. The van der Waals surface area contributed by atoms with Crippen LogP contribution in [0.3, 0.4) is 0 Å². The Kier molecular flexibility index (Phi) is 5.80. The molecule has 1 atom stereocenters. The zero-order chi connectivity index (χ0) is 14.3. The van der Waals surface area contributed by atoms with Gasteiger partial charge in [-0.2, -0.15) is 5.26 Å². The zero-order valence-electron chi connectivity index (χ0n) is 11.3. The van der Waals surface area contributed by atoms with E-state index in [9.17, 15) is 4.79 Å². The van der Waals surface area contributed by atoms with Crippen LogP contribution >= 0.6 is 0 Å². The van der Waals surface area contributed by atoms with E-state index in [1.165, 1.54) is 0 Å². The molecule has 0 saturated carbocycles. The maximum absolute atomic E-state index is 10.8. The average Bonchev–Trinajstić information content (AvgIpc) is 2.35. The average molecular weight is 261 g/mol. The highest BCUT2D eigenvalue weighted by Crippen LogP contribution is 2.16. The number of aromatic nitrogens is 1. The minimum Gasteiger partial charge on any atom is -0.481 e. The number of nitrogens with one attached hydrogen (secondary N) is 1. The summed E-state index contributed by atoms with van der Waals surface area (Å²) in [7, 11) is 0. The second-order valence-corrected chi connectivity index (χ2v) is 5.02. The van der Waals surface area contributed by atoms with Crippen LogP contribution in [0.2, 0.25) is 0 Å². The number of pyridine rings is 1. The molecule has 0 aliphatic carbocycles. The predicted molar refractivity (Wildman–Crippen MR) is 72.6 cm³/mol. The predicted octanol–water partition coefficient (Wildman–Crippen LogP) is 2.50. The molecular weight excluding hydrogens is 242 g/mol. The number of nitriles is 1. The number of anilines is 1. The molecule has 0 saturated heterocycles. The topological polar surface area (TPSA) is 86.0 Å². The first-order chi connectivity index (χ1) is 9.01. The Balaban J connectivity index is 2.59. The standard InChI is InChI=1S/C14H19N3O2/c1-10(2)5-12(7-14(18)19)9-17-13-6-11(8-15)3-4-16-13/h3-4,6,10,12H,5,7,9H2,1-2H3,(H,16,17)(H,18,19). The lowest BCUT2D eigenvalue weighted by Gasteiger charge is -2.18. The smallest absolute Gasteiger partial charge is 0.303 e. The quantitative estimate of drug-likeness (QED) is 0.787. The van der Waals surface area contributed by atoms with Gasteiger partial charge < -0.3 is 10.4 Å². The third kappa shape index (κ3) is 5.87. The molecule has 1 aromatic rings. The van der Waals surface area contributed by atoms with Crippen molar-refractivity contribution in [1.82, 2.24) is 4.98 Å². The van der Waals surface area contributed by atoms with E-state index in [1.54, 1.807) is 18.3 Å². The van der Waals surface area contributed by atoms with Crippen LogP contribution in [-0.2, 0) is 4.79 Å². The second kappa shape index (κ2) is 7.37. The number of carboxylic acid groups (broad SMARTS) is 1. The van der Waals surface area contributed by atoms with E-state index in [0.717, 1.165) is 6.42 Å².